The predicted octanol–water partition coefficient (Wildman–Crippen LogP) is -0.105. The van der Waals surface area contributed by atoms with Gasteiger partial charge in [0.25, 0.3) is 0 Å². The van der Waals surface area contributed by atoms with Crippen molar-refractivity contribution in [1.29, 1.82) is 0 Å². The number of aromatic hydroxyl groups is 1. The van der Waals surface area contributed by atoms with E-state index in [-0.39, 0.29) is 23.7 Å². The largest absolute Gasteiger partial charge is 0.502 e. The van der Waals surface area contributed by atoms with Crippen LogP contribution in [-0.2, 0) is 14.4 Å². The van der Waals surface area contributed by atoms with E-state index < -0.39 is 41.2 Å². The lowest BCUT2D eigenvalue weighted by Crippen LogP contribution is -2.55. The van der Waals surface area contributed by atoms with Crippen molar-refractivity contribution >= 4 is 17.8 Å². The molecule has 2 aliphatic heterocycles. The summed E-state index contributed by atoms with van der Waals surface area (Å²) in [4.78, 5) is 37.4. The summed E-state index contributed by atoms with van der Waals surface area (Å²) in [5, 5.41) is 25.5. The molecule has 10 nitrogen and oxygen atoms in total. The number of phenols is 1. The number of nitrogens with two attached hydrogens (primary N) is 1. The normalized spacial score (nSPS) is 28.2. The fourth-order valence-corrected chi connectivity index (χ4v) is 4.39. The number of nitrogens with one attached hydrogen (secondary N) is 2. The fraction of sp³-hybridized carbons (Fsp3) is 0.526. The quantitative estimate of drug-likeness (QED) is 0.293. The van der Waals surface area contributed by atoms with E-state index in [1.165, 1.54) is 26.4 Å². The Morgan fingerprint density at radius 1 is 1.17 bits per heavy atom. The second-order valence-corrected chi connectivity index (χ2v) is 7.28. The van der Waals surface area contributed by atoms with Gasteiger partial charge in [-0.3, -0.25) is 25.0 Å². The van der Waals surface area contributed by atoms with Crippen molar-refractivity contribution in [3.8, 4) is 17.2 Å². The minimum Gasteiger partial charge on any atom is -0.502 e. The molecule has 2 heterocycles. The Morgan fingerprint density at radius 3 is 2.31 bits per heavy atom. The second-order valence-electron chi connectivity index (χ2n) is 7.28. The smallest absolute Gasteiger partial charge is 0.324 e. The van der Waals surface area contributed by atoms with E-state index >= 15 is 0 Å². The molecule has 29 heavy (non-hydrogen) atoms. The molecule has 0 aromatic heterocycles. The summed E-state index contributed by atoms with van der Waals surface area (Å²) < 4.78 is 10.3. The number of carbonyl (C=O) groups is 3. The van der Waals surface area contributed by atoms with Crippen molar-refractivity contribution in [2.45, 2.75) is 30.8 Å². The van der Waals surface area contributed by atoms with E-state index in [1.807, 2.05) is 0 Å². The average molecular weight is 407 g/mol. The zero-order chi connectivity index (χ0) is 21.3. The maximum atomic E-state index is 12.6. The van der Waals surface area contributed by atoms with Crippen LogP contribution < -0.4 is 25.8 Å². The molecule has 4 atom stereocenters. The second kappa shape index (κ2) is 7.88. The topological polar surface area (TPSA) is 160 Å². The molecule has 1 aromatic carbocycles. The van der Waals surface area contributed by atoms with Crippen molar-refractivity contribution in [2.75, 3.05) is 20.8 Å². The molecule has 0 radical (unpaired) electrons. The molecule has 4 unspecified atom stereocenters. The first kappa shape index (κ1) is 20.9. The minimum atomic E-state index is -1.61. The summed E-state index contributed by atoms with van der Waals surface area (Å²) in [6, 6.07) is 2.21. The van der Waals surface area contributed by atoms with Crippen LogP contribution in [0.4, 0.5) is 0 Å². The van der Waals surface area contributed by atoms with Gasteiger partial charge >= 0.3 is 5.97 Å². The molecular formula is C19H25N3O7. The standard InChI is InChI=1S/C19H25N3O7/c1-28-10-7-9(8-11(29-2)15(10)23)14-12-13(17(25)21-16(12)24)19(22-14,18(26)27)5-3-4-6-20/h7-8,12-14,22-23H,3-6,20H2,1-2H3,(H,26,27)(H,21,24,25). The number of amides is 2. The van der Waals surface area contributed by atoms with Crippen molar-refractivity contribution in [3.63, 3.8) is 0 Å². The van der Waals surface area contributed by atoms with E-state index in [2.05, 4.69) is 10.6 Å². The number of unbranched alkanes of at least 4 members (excludes halogenated alkanes) is 1. The minimum absolute atomic E-state index is 0.110. The summed E-state index contributed by atoms with van der Waals surface area (Å²) in [5.74, 6) is -4.33. The Morgan fingerprint density at radius 2 is 1.79 bits per heavy atom. The molecule has 0 aliphatic carbocycles. The van der Waals surface area contributed by atoms with Crippen LogP contribution in [0.1, 0.15) is 30.9 Å². The third kappa shape index (κ3) is 3.28. The molecule has 0 saturated carbocycles. The molecule has 2 aliphatic rings. The number of methoxy groups -OCH3 is 2. The molecule has 0 bridgehead atoms. The van der Waals surface area contributed by atoms with E-state index in [0.29, 0.717) is 24.9 Å². The molecule has 6 N–H and O–H groups in total. The van der Waals surface area contributed by atoms with Crippen molar-refractivity contribution in [3.05, 3.63) is 17.7 Å². The van der Waals surface area contributed by atoms with E-state index in [1.54, 1.807) is 0 Å². The zero-order valence-corrected chi connectivity index (χ0v) is 16.2. The van der Waals surface area contributed by atoms with Gasteiger partial charge in [-0.15, -0.1) is 0 Å². The highest BCUT2D eigenvalue weighted by molar-refractivity contribution is 6.09. The molecule has 2 fully saturated rings. The number of carboxylic acids is 1. The SMILES string of the molecule is COc1cc(C2NC(CCCCN)(C(=O)O)C3C(=O)NC(=O)C23)cc(OC)c1O. The molecule has 3 rings (SSSR count). The third-order valence-electron chi connectivity index (χ3n) is 5.76. The third-order valence-corrected chi connectivity index (χ3v) is 5.76. The van der Waals surface area contributed by atoms with Crippen LogP contribution in [0.5, 0.6) is 17.2 Å². The number of phenolic OH excluding ortho intramolecular Hbond substituents is 1. The number of aliphatic carboxylic acids is 1. The van der Waals surface area contributed by atoms with Crippen LogP contribution in [0.3, 0.4) is 0 Å². The zero-order valence-electron chi connectivity index (χ0n) is 16.2. The van der Waals surface area contributed by atoms with Gasteiger partial charge in [0.05, 0.1) is 26.1 Å². The van der Waals surface area contributed by atoms with Crippen LogP contribution in [0.2, 0.25) is 0 Å². The number of ether oxygens (including phenoxy) is 2. The maximum absolute atomic E-state index is 12.6. The summed E-state index contributed by atoms with van der Waals surface area (Å²) in [6.45, 7) is 0.394. The van der Waals surface area contributed by atoms with Crippen molar-refractivity contribution in [1.82, 2.24) is 10.6 Å². The van der Waals surface area contributed by atoms with Crippen LogP contribution in [0.15, 0.2) is 12.1 Å². The van der Waals surface area contributed by atoms with Gasteiger partial charge in [-0.1, -0.05) is 0 Å². The highest BCUT2D eigenvalue weighted by Crippen LogP contribution is 2.50. The fourth-order valence-electron chi connectivity index (χ4n) is 4.39. The highest BCUT2D eigenvalue weighted by atomic mass is 16.5. The molecule has 158 valence electrons. The van der Waals surface area contributed by atoms with Gasteiger partial charge in [0, 0.05) is 6.04 Å². The molecule has 2 amide bonds. The van der Waals surface area contributed by atoms with Crippen LogP contribution in [-0.4, -0.2) is 54.3 Å². The highest BCUT2D eigenvalue weighted by Gasteiger charge is 2.66. The molecule has 2 saturated heterocycles. The van der Waals surface area contributed by atoms with Gasteiger partial charge < -0.3 is 25.4 Å². The van der Waals surface area contributed by atoms with E-state index in [4.69, 9.17) is 15.2 Å². The first-order valence-electron chi connectivity index (χ1n) is 9.31. The average Bonchev–Trinajstić information content (AvgIpc) is 3.19. The molecule has 10 heteroatoms. The number of benzene rings is 1. The number of imide groups is 1. The summed E-state index contributed by atoms with van der Waals surface area (Å²) in [6.07, 6.45) is 1.22. The summed E-state index contributed by atoms with van der Waals surface area (Å²) in [7, 11) is 2.73. The first-order chi connectivity index (χ1) is 13.8. The number of hydrogen-bond donors (Lipinski definition) is 5. The van der Waals surface area contributed by atoms with Crippen LogP contribution in [0, 0.1) is 11.8 Å². The Bertz CT molecular complexity index is 818. The molecular weight excluding hydrogens is 382 g/mol. The number of hydrogen-bond acceptors (Lipinski definition) is 8. The summed E-state index contributed by atoms with van der Waals surface area (Å²) >= 11 is 0. The Labute approximate surface area is 167 Å². The van der Waals surface area contributed by atoms with Gasteiger partial charge in [-0.2, -0.15) is 0 Å². The van der Waals surface area contributed by atoms with Gasteiger partial charge in [0.15, 0.2) is 11.5 Å². The van der Waals surface area contributed by atoms with Crippen molar-refractivity contribution < 1.29 is 34.1 Å². The lowest BCUT2D eigenvalue weighted by molar-refractivity contribution is -0.149. The summed E-state index contributed by atoms with van der Waals surface area (Å²) in [5.41, 5.74) is 4.39. The maximum Gasteiger partial charge on any atom is 0.324 e. The van der Waals surface area contributed by atoms with Gasteiger partial charge in [0.1, 0.15) is 5.54 Å². The predicted molar refractivity (Wildman–Crippen MR) is 100 cm³/mol. The van der Waals surface area contributed by atoms with Crippen molar-refractivity contribution in [2.24, 2.45) is 17.6 Å². The van der Waals surface area contributed by atoms with Gasteiger partial charge in [-0.25, -0.2) is 0 Å². The van der Waals surface area contributed by atoms with Crippen LogP contribution >= 0.6 is 0 Å². The number of fused-ring (bicyclic) bond motifs is 1. The first-order valence-corrected chi connectivity index (χ1v) is 9.31. The Balaban J connectivity index is 2.10. The Kier molecular flexibility index (Phi) is 5.67. The number of carbonyl (C=O) groups excluding carboxylic acids is 2. The van der Waals surface area contributed by atoms with Gasteiger partial charge in [0.2, 0.25) is 17.6 Å². The molecule has 1 aromatic rings. The molecule has 0 spiro atoms. The Hall–Kier alpha value is -2.85. The van der Waals surface area contributed by atoms with E-state index in [9.17, 15) is 24.6 Å². The van der Waals surface area contributed by atoms with E-state index in [0.717, 1.165) is 0 Å². The number of rotatable bonds is 8. The monoisotopic (exact) mass is 407 g/mol. The van der Waals surface area contributed by atoms with Gasteiger partial charge in [-0.05, 0) is 43.5 Å². The van der Waals surface area contributed by atoms with Crippen LogP contribution in [0.25, 0.3) is 0 Å². The lowest BCUT2D eigenvalue weighted by atomic mass is 9.76. The lowest BCUT2D eigenvalue weighted by Gasteiger charge is -2.30. The number of carboxylic acid groups (broad SMARTS) is 1.